The number of carbonyl (C=O) groups is 2. The van der Waals surface area contributed by atoms with Crippen LogP contribution in [0, 0.1) is 11.8 Å². The van der Waals surface area contributed by atoms with Gasteiger partial charge in [-0.2, -0.15) is 0 Å². The second-order valence-electron chi connectivity index (χ2n) is 19.6. The average Bonchev–Trinajstić information content (AvgIpc) is 4.09. The maximum absolute atomic E-state index is 15.6. The molecule has 0 N–H and O–H groups in total. The molecular weight excluding hydrogens is 1010 g/mol. The first-order valence-corrected chi connectivity index (χ1v) is 43.1. The third-order valence-electron chi connectivity index (χ3n) is 14.9. The van der Waals surface area contributed by atoms with Gasteiger partial charge in [0.05, 0.1) is 0 Å². The van der Waals surface area contributed by atoms with E-state index < -0.39 is 36.8 Å². The molecule has 2 atom stereocenters. The van der Waals surface area contributed by atoms with Crippen LogP contribution in [0.3, 0.4) is 0 Å². The van der Waals surface area contributed by atoms with Crippen LogP contribution in [0.5, 0.6) is 0 Å². The molecule has 0 bridgehead atoms. The Morgan fingerprint density at radius 3 is 0.984 bits per heavy atom. The minimum atomic E-state index is -2.77. The number of nitrogens with zero attached hydrogens (tertiary/aromatic N) is 2. The predicted octanol–water partition coefficient (Wildman–Crippen LogP) is 16.2. The van der Waals surface area contributed by atoms with Crippen molar-refractivity contribution in [3.8, 4) is 0 Å². The van der Waals surface area contributed by atoms with E-state index in [2.05, 4.69) is 103 Å². The topological polar surface area (TPSA) is 40.6 Å². The molecule has 0 saturated heterocycles. The number of hydrogen-bond donors (Lipinski definition) is 0. The molecule has 350 valence electrons. The van der Waals surface area contributed by atoms with Gasteiger partial charge in [0.2, 0.25) is 0 Å². The number of hydrogen-bond acceptors (Lipinski definition) is 4. The quantitative estimate of drug-likeness (QED) is 0.0655. The Labute approximate surface area is 398 Å². The predicted molar refractivity (Wildman–Crippen MR) is 282 cm³/mol. The third-order valence-corrected chi connectivity index (χ3v) is 53.7. The van der Waals surface area contributed by atoms with E-state index in [0.717, 1.165) is 61.1 Å². The number of rotatable bonds is 34. The summed E-state index contributed by atoms with van der Waals surface area (Å²) in [4.78, 5) is 37.9. The van der Waals surface area contributed by atoms with E-state index in [4.69, 9.17) is 0 Å². The molecule has 2 unspecified atom stereocenters. The van der Waals surface area contributed by atoms with Crippen LogP contribution in [-0.4, -0.2) is 71.5 Å². The van der Waals surface area contributed by atoms with E-state index in [1.165, 1.54) is 126 Å². The van der Waals surface area contributed by atoms with Gasteiger partial charge in [-0.05, 0) is 0 Å². The molecule has 62 heavy (non-hydrogen) atoms. The Bertz CT molecular complexity index is 1560. The Morgan fingerprint density at radius 1 is 0.435 bits per heavy atom. The molecule has 0 radical (unpaired) electrons. The molecule has 4 rings (SSSR count). The Hall–Kier alpha value is -0.583. The molecule has 0 aliphatic carbocycles. The van der Waals surface area contributed by atoms with Gasteiger partial charge < -0.3 is 0 Å². The van der Waals surface area contributed by atoms with Crippen molar-refractivity contribution in [2.24, 2.45) is 11.8 Å². The van der Waals surface area contributed by atoms with Crippen LogP contribution >= 0.6 is 22.7 Å². The zero-order valence-electron chi connectivity index (χ0n) is 41.8. The van der Waals surface area contributed by atoms with Gasteiger partial charge in [0.1, 0.15) is 0 Å². The summed E-state index contributed by atoms with van der Waals surface area (Å²) >= 11 is -1.51. The molecule has 0 spiro atoms. The average molecular weight is 1100 g/mol. The first-order valence-electron chi connectivity index (χ1n) is 26.5. The molecule has 4 nitrogen and oxygen atoms in total. The normalized spacial score (nSPS) is 15.8. The molecule has 0 fully saturated rings. The van der Waals surface area contributed by atoms with Gasteiger partial charge in [-0.25, -0.2) is 0 Å². The Morgan fingerprint density at radius 2 is 0.726 bits per heavy atom. The van der Waals surface area contributed by atoms with Gasteiger partial charge in [-0.3, -0.25) is 0 Å². The molecule has 4 heterocycles. The van der Waals surface area contributed by atoms with Crippen molar-refractivity contribution in [3.05, 3.63) is 45.2 Å². The standard InChI is InChI=1S/C30H38N2O2S2.6C4H9.2Sn/c1-5-9-13-21(7-3)19-31-27(23-15-11-17-35-23)25-26(29(31)33)28(24-16-12-18-36-24)32(30(25)34)20-22(8-4)14-10-6-2;6*1-3-4-2;;/h11-12,15-16,21-22H,5-10,13-14,19-20H2,1-4H3;6*1,3-4H2,2H3;;. The van der Waals surface area contributed by atoms with E-state index in [1.807, 2.05) is 22.7 Å². The fraction of sp³-hybridized carbons (Fsp3) is 0.741. The van der Waals surface area contributed by atoms with Crippen molar-refractivity contribution in [2.75, 3.05) is 13.1 Å². The van der Waals surface area contributed by atoms with E-state index in [0.29, 0.717) is 24.9 Å². The van der Waals surface area contributed by atoms with Crippen molar-refractivity contribution in [1.82, 2.24) is 9.80 Å². The summed E-state index contributed by atoms with van der Waals surface area (Å²) in [6.07, 6.45) is 24.5. The van der Waals surface area contributed by atoms with Gasteiger partial charge in [0.25, 0.3) is 0 Å². The van der Waals surface area contributed by atoms with E-state index in [1.54, 1.807) is 5.79 Å². The summed E-state index contributed by atoms with van der Waals surface area (Å²) in [5.74, 6) is 1.02. The molecule has 0 aromatic carbocycles. The van der Waals surface area contributed by atoms with Gasteiger partial charge in [0.15, 0.2) is 0 Å². The van der Waals surface area contributed by atoms with E-state index in [-0.39, 0.29) is 11.8 Å². The summed E-state index contributed by atoms with van der Waals surface area (Å²) < 4.78 is 11.9. The fourth-order valence-electron chi connectivity index (χ4n) is 10.7. The zero-order chi connectivity index (χ0) is 45.1. The van der Waals surface area contributed by atoms with Crippen molar-refractivity contribution < 1.29 is 9.59 Å². The van der Waals surface area contributed by atoms with Gasteiger partial charge >= 0.3 is 402 Å². The maximum atomic E-state index is 15.6. The first-order chi connectivity index (χ1) is 30.1. The Balaban J connectivity index is 2.03. The van der Waals surface area contributed by atoms with Gasteiger partial charge in [-0.1, -0.05) is 0 Å². The van der Waals surface area contributed by atoms with Gasteiger partial charge in [-0.15, -0.1) is 0 Å². The molecule has 2 aromatic heterocycles. The van der Waals surface area contributed by atoms with Crippen LogP contribution in [0.25, 0.3) is 11.4 Å². The van der Waals surface area contributed by atoms with Crippen molar-refractivity contribution in [1.29, 1.82) is 0 Å². The molecule has 0 saturated carbocycles. The SMILES string of the molecule is CCCCC(CC)CN1C(=O)C2=C(c3cc[c]([Sn]([CH2]CCC)([CH2]CCC)[CH2]CCC)s3)N(CC(CC)CCCC)C(=O)C2=C1c1cc[c]([Sn]([CH2]CCC)([CH2]CCC)[CH2]CCC)s1. The summed E-state index contributed by atoms with van der Waals surface area (Å²) in [5, 5.41) is 0. The van der Waals surface area contributed by atoms with Crippen molar-refractivity contribution in [2.45, 2.75) is 224 Å². The summed E-state index contributed by atoms with van der Waals surface area (Å²) in [6, 6.07) is 9.78. The summed E-state index contributed by atoms with van der Waals surface area (Å²) in [6.45, 7) is 24.8. The molecule has 2 aliphatic rings. The molecular formula is C54H92N2O2S2Sn2. The number of unbranched alkanes of at least 4 members (excludes halogenated alkanes) is 8. The van der Waals surface area contributed by atoms with Crippen LogP contribution in [0.15, 0.2) is 35.4 Å². The summed E-state index contributed by atoms with van der Waals surface area (Å²) in [5.41, 5.74) is 3.39. The van der Waals surface area contributed by atoms with Gasteiger partial charge in [0, 0.05) is 0 Å². The first kappa shape index (κ1) is 54.0. The number of thiophene rings is 2. The molecule has 8 heteroatoms. The van der Waals surface area contributed by atoms with Crippen LogP contribution in [0.1, 0.15) is 207 Å². The van der Waals surface area contributed by atoms with E-state index >= 15 is 9.59 Å². The van der Waals surface area contributed by atoms with Crippen LogP contribution in [0.4, 0.5) is 0 Å². The van der Waals surface area contributed by atoms with Crippen LogP contribution in [-0.2, 0) is 9.59 Å². The number of fused-ring (bicyclic) bond motifs is 1. The second kappa shape index (κ2) is 27.9. The molecule has 2 aliphatic heterocycles. The fourth-order valence-corrected chi connectivity index (χ4v) is 51.1. The van der Waals surface area contributed by atoms with Crippen LogP contribution in [0.2, 0.25) is 26.6 Å². The number of carbonyl (C=O) groups excluding carboxylic acids is 2. The number of amides is 2. The Kier molecular flexibility index (Phi) is 24.3. The zero-order valence-corrected chi connectivity index (χ0v) is 49.1. The van der Waals surface area contributed by atoms with Crippen LogP contribution < -0.4 is 5.79 Å². The van der Waals surface area contributed by atoms with Crippen molar-refractivity contribution in [3.63, 3.8) is 0 Å². The van der Waals surface area contributed by atoms with Crippen molar-refractivity contribution >= 4 is 88.4 Å². The van der Waals surface area contributed by atoms with E-state index in [9.17, 15) is 0 Å². The molecule has 2 amide bonds. The monoisotopic (exact) mass is 1100 g/mol. The molecule has 2 aromatic rings. The minimum absolute atomic E-state index is 0.0951. The third kappa shape index (κ3) is 13.3. The summed E-state index contributed by atoms with van der Waals surface area (Å²) in [7, 11) is 0. The second-order valence-corrected chi connectivity index (χ2v) is 50.1.